The Morgan fingerprint density at radius 1 is 0.976 bits per heavy atom. The zero-order valence-electron chi connectivity index (χ0n) is 24.6. The lowest BCUT2D eigenvalue weighted by atomic mass is 9.41. The number of aliphatic hydroxyl groups is 5. The maximum absolute atomic E-state index is 13.5. The second-order valence-electron chi connectivity index (χ2n) is 13.8. The average molecular weight is 590 g/mol. The van der Waals surface area contributed by atoms with Crippen LogP contribution in [0.25, 0.3) is 0 Å². The lowest BCUT2D eigenvalue weighted by Crippen LogP contribution is -2.84. The molecule has 1 aromatic rings. The standard InChI is InChI=1S/C31H43NO10/c1-5-32-14-27(15-39-2)20(33)10-22(41-4)31-18-11-29(37)21(34)13-28(36,19(24(31)32)12-30(27,31)38)23(18)25(29)42-26(35)16-6-8-17(40-3)9-7-16/h6-9,18-25,33-34,36-38H,5,10-15H2,1-4H3/t18-,19-,20+,21-,22-,23-,24+,25+,27-,28+,29+,30-,31+/m0/s1. The van der Waals surface area contributed by atoms with Gasteiger partial charge in [0.15, 0.2) is 0 Å². The largest absolute Gasteiger partial charge is 0.497 e. The van der Waals surface area contributed by atoms with Gasteiger partial charge in [-0.05, 0) is 49.6 Å². The van der Waals surface area contributed by atoms with Gasteiger partial charge in [-0.2, -0.15) is 0 Å². The van der Waals surface area contributed by atoms with Crippen molar-refractivity contribution in [3.05, 3.63) is 29.8 Å². The molecular weight excluding hydrogens is 546 g/mol. The normalized spacial score (nSPS) is 51.8. The number of piperidine rings is 1. The summed E-state index contributed by atoms with van der Waals surface area (Å²) in [4.78, 5) is 15.7. The first-order valence-corrected chi connectivity index (χ1v) is 15.1. The molecule has 7 bridgehead atoms. The Morgan fingerprint density at radius 3 is 2.31 bits per heavy atom. The van der Waals surface area contributed by atoms with Gasteiger partial charge < -0.3 is 44.5 Å². The molecule has 7 rings (SSSR count). The van der Waals surface area contributed by atoms with E-state index in [2.05, 4.69) is 4.90 Å². The van der Waals surface area contributed by atoms with Crippen molar-refractivity contribution in [2.75, 3.05) is 41.0 Å². The Hall–Kier alpha value is -1.83. The molecule has 1 saturated heterocycles. The average Bonchev–Trinajstić information content (AvgIpc) is 3.34. The number of carbonyl (C=O) groups excluding carboxylic acids is 1. The number of hydrogen-bond donors (Lipinski definition) is 5. The number of likely N-dealkylation sites (tertiary alicyclic amines) is 1. The molecule has 0 radical (unpaired) electrons. The lowest BCUT2D eigenvalue weighted by Gasteiger charge is -2.72. The van der Waals surface area contributed by atoms with E-state index in [4.69, 9.17) is 18.9 Å². The third-order valence-electron chi connectivity index (χ3n) is 12.8. The number of nitrogens with zero attached hydrogens (tertiary/aromatic N) is 1. The van der Waals surface area contributed by atoms with Crippen LogP contribution >= 0.6 is 0 Å². The van der Waals surface area contributed by atoms with Crippen LogP contribution in [-0.4, -0.2) is 125 Å². The SMILES string of the molecule is CCN1C[C@]2(COC)[C@H](O)C[C@H](OC)[C@@]34[C@H]5C[C@]6(O)[C@H](OC(=O)c7ccc(OC)cc7)[C@H]5[C@@](O)(C[C@@H]6O)[C@@H](C[C@]23O)[C@@H]14. The highest BCUT2D eigenvalue weighted by molar-refractivity contribution is 5.89. The zero-order valence-corrected chi connectivity index (χ0v) is 24.6. The summed E-state index contributed by atoms with van der Waals surface area (Å²) in [6, 6.07) is 6.07. The van der Waals surface area contributed by atoms with Gasteiger partial charge in [0.2, 0.25) is 0 Å². The Bertz CT molecular complexity index is 1260. The highest BCUT2D eigenvalue weighted by Crippen LogP contribution is 2.80. The predicted octanol–water partition coefficient (Wildman–Crippen LogP) is -0.0490. The predicted molar refractivity (Wildman–Crippen MR) is 147 cm³/mol. The molecule has 11 heteroatoms. The molecule has 5 N–H and O–H groups in total. The second-order valence-corrected chi connectivity index (χ2v) is 13.8. The van der Waals surface area contributed by atoms with E-state index in [-0.39, 0.29) is 43.9 Å². The van der Waals surface area contributed by atoms with Crippen molar-refractivity contribution >= 4 is 5.97 Å². The summed E-state index contributed by atoms with van der Waals surface area (Å²) < 4.78 is 23.1. The minimum absolute atomic E-state index is 0.00377. The zero-order chi connectivity index (χ0) is 30.0. The number of rotatable bonds is 7. The molecule has 1 spiro atoms. The van der Waals surface area contributed by atoms with E-state index >= 15 is 0 Å². The van der Waals surface area contributed by atoms with Crippen molar-refractivity contribution in [3.8, 4) is 5.75 Å². The van der Waals surface area contributed by atoms with Crippen LogP contribution in [0.1, 0.15) is 43.0 Å². The third-order valence-corrected chi connectivity index (χ3v) is 12.8. The number of hydrogen-bond acceptors (Lipinski definition) is 11. The quantitative estimate of drug-likeness (QED) is 0.272. The molecule has 13 atom stereocenters. The fraction of sp³-hybridized carbons (Fsp3) is 0.774. The molecule has 0 amide bonds. The van der Waals surface area contributed by atoms with Crippen LogP contribution in [0, 0.1) is 28.6 Å². The highest BCUT2D eigenvalue weighted by Gasteiger charge is 2.91. The van der Waals surface area contributed by atoms with Crippen molar-refractivity contribution in [1.82, 2.24) is 4.90 Å². The van der Waals surface area contributed by atoms with Crippen molar-refractivity contribution in [1.29, 1.82) is 0 Å². The highest BCUT2D eigenvalue weighted by atomic mass is 16.6. The molecule has 11 nitrogen and oxygen atoms in total. The Morgan fingerprint density at radius 2 is 1.69 bits per heavy atom. The molecule has 5 saturated carbocycles. The molecule has 232 valence electrons. The maximum atomic E-state index is 13.5. The van der Waals surface area contributed by atoms with Crippen LogP contribution in [0.5, 0.6) is 5.75 Å². The molecule has 42 heavy (non-hydrogen) atoms. The van der Waals surface area contributed by atoms with Crippen LogP contribution in [-0.2, 0) is 14.2 Å². The first-order chi connectivity index (χ1) is 19.9. The Kier molecular flexibility index (Phi) is 6.27. The van der Waals surface area contributed by atoms with E-state index in [1.54, 1.807) is 38.5 Å². The van der Waals surface area contributed by atoms with Crippen LogP contribution < -0.4 is 4.74 Å². The van der Waals surface area contributed by atoms with Crippen molar-refractivity contribution in [3.63, 3.8) is 0 Å². The van der Waals surface area contributed by atoms with Gasteiger partial charge in [0.1, 0.15) is 17.5 Å². The van der Waals surface area contributed by atoms with E-state index in [0.717, 1.165) is 0 Å². The molecule has 5 aliphatic carbocycles. The van der Waals surface area contributed by atoms with E-state index < -0.39 is 75.8 Å². The molecule has 0 aromatic heterocycles. The number of fused-ring (bicyclic) bond motifs is 2. The van der Waals surface area contributed by atoms with E-state index in [1.807, 2.05) is 6.92 Å². The molecular formula is C31H43NO10. The number of carbonyl (C=O) groups is 1. The minimum atomic E-state index is -1.84. The summed E-state index contributed by atoms with van der Waals surface area (Å²) in [5.41, 5.74) is -6.76. The van der Waals surface area contributed by atoms with Gasteiger partial charge in [0.05, 0.1) is 54.2 Å². The van der Waals surface area contributed by atoms with Crippen LogP contribution in [0.2, 0.25) is 0 Å². The van der Waals surface area contributed by atoms with Crippen molar-refractivity contribution < 1.29 is 49.3 Å². The van der Waals surface area contributed by atoms with E-state index in [9.17, 15) is 30.3 Å². The van der Waals surface area contributed by atoms with Gasteiger partial charge in [-0.3, -0.25) is 4.90 Å². The smallest absolute Gasteiger partial charge is 0.338 e. The number of aliphatic hydroxyl groups excluding tert-OH is 2. The summed E-state index contributed by atoms with van der Waals surface area (Å²) in [6.07, 6.45) is -3.80. The second kappa shape index (κ2) is 9.10. The summed E-state index contributed by atoms with van der Waals surface area (Å²) in [7, 11) is 4.66. The van der Waals surface area contributed by atoms with E-state index in [1.165, 1.54) is 7.11 Å². The van der Waals surface area contributed by atoms with Gasteiger partial charge in [-0.15, -0.1) is 0 Å². The molecule has 1 aliphatic heterocycles. The molecule has 6 aliphatic rings. The Labute approximate surface area is 245 Å². The van der Waals surface area contributed by atoms with Crippen LogP contribution in [0.4, 0.5) is 0 Å². The first-order valence-electron chi connectivity index (χ1n) is 15.1. The lowest BCUT2D eigenvalue weighted by molar-refractivity contribution is -0.345. The minimum Gasteiger partial charge on any atom is -0.497 e. The maximum Gasteiger partial charge on any atom is 0.338 e. The van der Waals surface area contributed by atoms with Gasteiger partial charge in [-0.1, -0.05) is 6.92 Å². The summed E-state index contributed by atoms with van der Waals surface area (Å²) in [5, 5.41) is 61.3. The van der Waals surface area contributed by atoms with E-state index in [0.29, 0.717) is 18.8 Å². The molecule has 6 fully saturated rings. The van der Waals surface area contributed by atoms with Gasteiger partial charge in [0, 0.05) is 56.9 Å². The Balaban J connectivity index is 1.40. The number of methoxy groups -OCH3 is 3. The molecule has 1 heterocycles. The molecule has 0 unspecified atom stereocenters. The fourth-order valence-corrected chi connectivity index (χ4v) is 11.4. The number of esters is 1. The van der Waals surface area contributed by atoms with Crippen molar-refractivity contribution in [2.24, 2.45) is 28.6 Å². The van der Waals surface area contributed by atoms with Crippen LogP contribution in [0.15, 0.2) is 24.3 Å². The topological polar surface area (TPSA) is 158 Å². The van der Waals surface area contributed by atoms with Crippen LogP contribution in [0.3, 0.4) is 0 Å². The summed E-state index contributed by atoms with van der Waals surface area (Å²) in [5.74, 6) is -2.00. The summed E-state index contributed by atoms with van der Waals surface area (Å²) in [6.45, 7) is 3.11. The van der Waals surface area contributed by atoms with Gasteiger partial charge >= 0.3 is 5.97 Å². The van der Waals surface area contributed by atoms with Gasteiger partial charge in [-0.25, -0.2) is 4.79 Å². The number of ether oxygens (including phenoxy) is 4. The monoisotopic (exact) mass is 589 g/mol. The molecule has 1 aromatic carbocycles. The number of benzene rings is 1. The summed E-state index contributed by atoms with van der Waals surface area (Å²) >= 11 is 0. The third kappa shape index (κ3) is 3.02. The van der Waals surface area contributed by atoms with Crippen molar-refractivity contribution in [2.45, 2.75) is 79.9 Å². The fourth-order valence-electron chi connectivity index (χ4n) is 11.4. The first kappa shape index (κ1) is 28.9. The van der Waals surface area contributed by atoms with Gasteiger partial charge in [0.25, 0.3) is 0 Å².